The lowest BCUT2D eigenvalue weighted by Gasteiger charge is -2.07. The topological polar surface area (TPSA) is 56.5 Å². The lowest BCUT2D eigenvalue weighted by atomic mass is 10.1. The van der Waals surface area contributed by atoms with Crippen molar-refractivity contribution in [3.63, 3.8) is 0 Å². The van der Waals surface area contributed by atoms with E-state index in [9.17, 15) is 0 Å². The Kier molecular flexibility index (Phi) is 4.65. The van der Waals surface area contributed by atoms with Crippen LogP contribution >= 0.6 is 34.4 Å². The number of nitrogens with zero attached hydrogens (tertiary/aromatic N) is 5. The monoisotopic (exact) mass is 385 g/mol. The van der Waals surface area contributed by atoms with Crippen LogP contribution in [0.5, 0.6) is 0 Å². The van der Waals surface area contributed by atoms with Crippen molar-refractivity contribution in [1.29, 1.82) is 0 Å². The van der Waals surface area contributed by atoms with Crippen LogP contribution in [0.3, 0.4) is 0 Å². The van der Waals surface area contributed by atoms with E-state index < -0.39 is 0 Å². The van der Waals surface area contributed by atoms with Gasteiger partial charge in [0.1, 0.15) is 5.01 Å². The standard InChI is InChI=1S/C17H15N5S3/c1-11-3-4-15(12(2)7-11)22-17(19-20-21-22)25-10-14-9-24-16(18-14)13-5-6-23-8-13/h3-9H,10H2,1-2H3. The van der Waals surface area contributed by atoms with Crippen LogP contribution in [0.4, 0.5) is 0 Å². The molecule has 8 heteroatoms. The molecule has 3 heterocycles. The van der Waals surface area contributed by atoms with Gasteiger partial charge in [0.15, 0.2) is 0 Å². The maximum atomic E-state index is 4.71. The van der Waals surface area contributed by atoms with Crippen LogP contribution in [0.1, 0.15) is 16.8 Å². The summed E-state index contributed by atoms with van der Waals surface area (Å²) in [5.74, 6) is 0.742. The molecular formula is C17H15N5S3. The first-order valence-electron chi connectivity index (χ1n) is 7.66. The highest BCUT2D eigenvalue weighted by molar-refractivity contribution is 7.98. The van der Waals surface area contributed by atoms with E-state index in [4.69, 9.17) is 4.98 Å². The number of rotatable bonds is 5. The van der Waals surface area contributed by atoms with Crippen molar-refractivity contribution in [2.24, 2.45) is 0 Å². The zero-order chi connectivity index (χ0) is 17.2. The van der Waals surface area contributed by atoms with Crippen LogP contribution in [0.15, 0.2) is 45.6 Å². The molecule has 0 saturated heterocycles. The summed E-state index contributed by atoms with van der Waals surface area (Å²) in [6.45, 7) is 4.16. The van der Waals surface area contributed by atoms with Gasteiger partial charge in [-0.05, 0) is 47.4 Å². The molecule has 0 aliphatic rings. The van der Waals surface area contributed by atoms with Gasteiger partial charge in [-0.2, -0.15) is 16.0 Å². The molecule has 0 bridgehead atoms. The highest BCUT2D eigenvalue weighted by atomic mass is 32.2. The molecule has 0 aliphatic carbocycles. The van der Waals surface area contributed by atoms with Crippen molar-refractivity contribution >= 4 is 34.4 Å². The van der Waals surface area contributed by atoms with E-state index >= 15 is 0 Å². The highest BCUT2D eigenvalue weighted by Gasteiger charge is 2.13. The fraction of sp³-hybridized carbons (Fsp3) is 0.176. The Labute approximate surface area is 157 Å². The van der Waals surface area contributed by atoms with Crippen molar-refractivity contribution in [2.45, 2.75) is 24.8 Å². The second kappa shape index (κ2) is 7.07. The Balaban J connectivity index is 1.52. The molecule has 3 aromatic heterocycles. The van der Waals surface area contributed by atoms with Crippen LogP contribution in [-0.4, -0.2) is 25.2 Å². The normalized spacial score (nSPS) is 11.1. The second-order valence-electron chi connectivity index (χ2n) is 5.61. The summed E-state index contributed by atoms with van der Waals surface area (Å²) >= 11 is 4.96. The van der Waals surface area contributed by atoms with Gasteiger partial charge in [-0.15, -0.1) is 16.4 Å². The summed E-state index contributed by atoms with van der Waals surface area (Å²) in [6, 6.07) is 8.37. The largest absolute Gasteiger partial charge is 0.240 e. The third-order valence-corrected chi connectivity index (χ3v) is 6.27. The molecule has 0 unspecified atom stereocenters. The Hall–Kier alpha value is -2.03. The molecule has 0 saturated carbocycles. The minimum absolute atomic E-state index is 0.742. The number of thiophene rings is 1. The fourth-order valence-electron chi connectivity index (χ4n) is 2.49. The molecule has 25 heavy (non-hydrogen) atoms. The molecule has 0 radical (unpaired) electrons. The van der Waals surface area contributed by atoms with Gasteiger partial charge in [0.2, 0.25) is 5.16 Å². The predicted molar refractivity (Wildman–Crippen MR) is 104 cm³/mol. The van der Waals surface area contributed by atoms with Gasteiger partial charge >= 0.3 is 0 Å². The average Bonchev–Trinajstić information content (AvgIpc) is 3.34. The second-order valence-corrected chi connectivity index (χ2v) is 8.19. The Morgan fingerprint density at radius 2 is 2.08 bits per heavy atom. The molecule has 126 valence electrons. The van der Waals surface area contributed by atoms with Crippen molar-refractivity contribution in [2.75, 3.05) is 0 Å². The Bertz CT molecular complexity index is 988. The number of tetrazole rings is 1. The van der Waals surface area contributed by atoms with E-state index in [1.807, 2.05) is 0 Å². The predicted octanol–water partition coefficient (Wildman–Crippen LogP) is 4.76. The number of hydrogen-bond donors (Lipinski definition) is 0. The van der Waals surface area contributed by atoms with Crippen LogP contribution < -0.4 is 0 Å². The van der Waals surface area contributed by atoms with Crippen molar-refractivity contribution in [3.8, 4) is 16.3 Å². The van der Waals surface area contributed by atoms with E-state index in [-0.39, 0.29) is 0 Å². The first kappa shape index (κ1) is 16.4. The number of aryl methyl sites for hydroxylation is 2. The van der Waals surface area contributed by atoms with E-state index in [2.05, 4.69) is 69.8 Å². The summed E-state index contributed by atoms with van der Waals surface area (Å²) in [6.07, 6.45) is 0. The third-order valence-electron chi connectivity index (χ3n) is 3.69. The van der Waals surface area contributed by atoms with Crippen molar-refractivity contribution in [3.05, 3.63) is 57.2 Å². The molecule has 4 rings (SSSR count). The zero-order valence-corrected chi connectivity index (χ0v) is 16.2. The van der Waals surface area contributed by atoms with Gasteiger partial charge in [0, 0.05) is 22.1 Å². The van der Waals surface area contributed by atoms with Crippen LogP contribution in [-0.2, 0) is 5.75 Å². The number of thiazole rings is 1. The van der Waals surface area contributed by atoms with Gasteiger partial charge in [-0.1, -0.05) is 29.5 Å². The minimum Gasteiger partial charge on any atom is -0.240 e. The van der Waals surface area contributed by atoms with Crippen LogP contribution in [0, 0.1) is 13.8 Å². The summed E-state index contributed by atoms with van der Waals surface area (Å²) in [7, 11) is 0. The molecule has 0 aliphatic heterocycles. The minimum atomic E-state index is 0.742. The van der Waals surface area contributed by atoms with Crippen LogP contribution in [0.2, 0.25) is 0 Å². The SMILES string of the molecule is Cc1ccc(-n2nnnc2SCc2csc(-c3ccsc3)n2)c(C)c1. The number of aromatic nitrogens is 5. The molecule has 5 nitrogen and oxygen atoms in total. The average molecular weight is 386 g/mol. The smallest absolute Gasteiger partial charge is 0.214 e. The first-order valence-corrected chi connectivity index (χ1v) is 10.5. The summed E-state index contributed by atoms with van der Waals surface area (Å²) in [5, 5.41) is 20.3. The van der Waals surface area contributed by atoms with E-state index in [0.29, 0.717) is 0 Å². The maximum absolute atomic E-state index is 4.71. The van der Waals surface area contributed by atoms with E-state index in [1.54, 1.807) is 39.1 Å². The van der Waals surface area contributed by atoms with Crippen molar-refractivity contribution in [1.82, 2.24) is 25.2 Å². The Morgan fingerprint density at radius 1 is 1.16 bits per heavy atom. The van der Waals surface area contributed by atoms with Gasteiger partial charge in [-0.25, -0.2) is 4.98 Å². The van der Waals surface area contributed by atoms with Crippen LogP contribution in [0.25, 0.3) is 16.3 Å². The number of thioether (sulfide) groups is 1. The molecule has 0 spiro atoms. The number of hydrogen-bond acceptors (Lipinski definition) is 7. The maximum Gasteiger partial charge on any atom is 0.214 e. The molecular weight excluding hydrogens is 370 g/mol. The quantitative estimate of drug-likeness (QED) is 0.464. The molecule has 0 atom stereocenters. The van der Waals surface area contributed by atoms with Gasteiger partial charge in [0.05, 0.1) is 11.4 Å². The lowest BCUT2D eigenvalue weighted by molar-refractivity contribution is 0.751. The van der Waals surface area contributed by atoms with Crippen molar-refractivity contribution < 1.29 is 0 Å². The fourth-order valence-corrected chi connectivity index (χ4v) is 4.91. The highest BCUT2D eigenvalue weighted by Crippen LogP contribution is 2.29. The summed E-state index contributed by atoms with van der Waals surface area (Å²) in [4.78, 5) is 4.71. The molecule has 0 amide bonds. The first-order chi connectivity index (χ1) is 12.2. The molecule has 0 fully saturated rings. The van der Waals surface area contributed by atoms with E-state index in [0.717, 1.165) is 32.9 Å². The lowest BCUT2D eigenvalue weighted by Crippen LogP contribution is -2.02. The Morgan fingerprint density at radius 3 is 2.88 bits per heavy atom. The molecule has 4 aromatic rings. The van der Waals surface area contributed by atoms with Gasteiger partial charge < -0.3 is 0 Å². The zero-order valence-electron chi connectivity index (χ0n) is 13.7. The summed E-state index contributed by atoms with van der Waals surface area (Å²) in [5.41, 5.74) is 5.63. The molecule has 0 N–H and O–H groups in total. The van der Waals surface area contributed by atoms with Gasteiger partial charge in [0.25, 0.3) is 0 Å². The number of benzene rings is 1. The third kappa shape index (κ3) is 3.51. The molecule has 1 aromatic carbocycles. The summed E-state index contributed by atoms with van der Waals surface area (Å²) < 4.78 is 1.80. The van der Waals surface area contributed by atoms with Gasteiger partial charge in [-0.3, -0.25) is 0 Å². The van der Waals surface area contributed by atoms with E-state index in [1.165, 1.54) is 11.1 Å².